The largest absolute Gasteiger partial charge is 0.342 e. The molecule has 0 bridgehead atoms. The number of fused-ring (bicyclic) bond motifs is 1. The lowest BCUT2D eigenvalue weighted by Crippen LogP contribution is -2.33. The summed E-state index contributed by atoms with van der Waals surface area (Å²) in [6, 6.07) is 7.98. The first kappa shape index (κ1) is 19.5. The number of aromatic nitrogens is 4. The van der Waals surface area contributed by atoms with Crippen LogP contribution in [-0.2, 0) is 11.3 Å². The van der Waals surface area contributed by atoms with Crippen LogP contribution in [-0.4, -0.2) is 61.2 Å². The Bertz CT molecular complexity index is 992. The molecule has 2 aromatic heterocycles. The molecule has 0 radical (unpaired) electrons. The Morgan fingerprint density at radius 1 is 1.24 bits per heavy atom. The lowest BCUT2D eigenvalue weighted by atomic mass is 10.2. The number of carbonyl (C=O) groups is 2. The van der Waals surface area contributed by atoms with Crippen LogP contribution in [0.3, 0.4) is 0 Å². The molecular formula is C20H24N6O2S. The molecule has 0 N–H and O–H groups in total. The average Bonchev–Trinajstić information content (AvgIpc) is 3.46. The third-order valence-corrected chi connectivity index (χ3v) is 6.42. The van der Waals surface area contributed by atoms with E-state index in [1.54, 1.807) is 22.4 Å². The number of nitrogens with zero attached hydrogens (tertiary/aromatic N) is 6. The summed E-state index contributed by atoms with van der Waals surface area (Å²) in [5.74, 6) is -0.194. The summed E-state index contributed by atoms with van der Waals surface area (Å²) < 4.78 is 2.57. The summed E-state index contributed by atoms with van der Waals surface area (Å²) in [5, 5.41) is 8.98. The predicted molar refractivity (Wildman–Crippen MR) is 111 cm³/mol. The zero-order chi connectivity index (χ0) is 20.4. The smallest absolute Gasteiger partial charge is 0.276 e. The SMILES string of the molecule is CCN(CC)C(=O)Cn1cc(C(=O)N2CCC[C@@H]2c2nc3ccccc3s2)nn1. The fourth-order valence-corrected chi connectivity index (χ4v) is 4.85. The molecule has 3 aromatic rings. The molecule has 3 heterocycles. The van der Waals surface area contributed by atoms with Gasteiger partial charge in [-0.2, -0.15) is 0 Å². The number of likely N-dealkylation sites (N-methyl/N-ethyl adjacent to an activating group) is 1. The van der Waals surface area contributed by atoms with Gasteiger partial charge in [0.2, 0.25) is 5.91 Å². The third kappa shape index (κ3) is 3.87. The lowest BCUT2D eigenvalue weighted by Gasteiger charge is -2.21. The Morgan fingerprint density at radius 2 is 2.03 bits per heavy atom. The van der Waals surface area contributed by atoms with Gasteiger partial charge < -0.3 is 9.80 Å². The Kier molecular flexibility index (Phi) is 5.57. The number of hydrogen-bond acceptors (Lipinski definition) is 6. The molecule has 2 amide bonds. The summed E-state index contributed by atoms with van der Waals surface area (Å²) >= 11 is 1.64. The van der Waals surface area contributed by atoms with Crippen molar-refractivity contribution >= 4 is 33.4 Å². The first-order chi connectivity index (χ1) is 14.1. The molecule has 152 valence electrons. The highest BCUT2D eigenvalue weighted by Crippen LogP contribution is 2.37. The van der Waals surface area contributed by atoms with Gasteiger partial charge in [0.05, 0.1) is 22.5 Å². The Labute approximate surface area is 173 Å². The molecular weight excluding hydrogens is 388 g/mol. The van der Waals surface area contributed by atoms with Gasteiger partial charge in [0.15, 0.2) is 5.69 Å². The molecule has 9 heteroatoms. The average molecular weight is 413 g/mol. The fourth-order valence-electron chi connectivity index (χ4n) is 3.73. The molecule has 0 unspecified atom stereocenters. The van der Waals surface area contributed by atoms with Gasteiger partial charge in [-0.25, -0.2) is 9.67 Å². The zero-order valence-corrected chi connectivity index (χ0v) is 17.4. The van der Waals surface area contributed by atoms with Crippen molar-refractivity contribution in [3.63, 3.8) is 0 Å². The summed E-state index contributed by atoms with van der Waals surface area (Å²) in [7, 11) is 0. The molecule has 1 saturated heterocycles. The number of para-hydroxylation sites is 1. The van der Waals surface area contributed by atoms with Gasteiger partial charge in [0.1, 0.15) is 11.6 Å². The van der Waals surface area contributed by atoms with E-state index in [9.17, 15) is 9.59 Å². The van der Waals surface area contributed by atoms with Crippen molar-refractivity contribution in [2.24, 2.45) is 0 Å². The topological polar surface area (TPSA) is 84.2 Å². The maximum atomic E-state index is 13.1. The van der Waals surface area contributed by atoms with Crippen molar-refractivity contribution in [3.8, 4) is 0 Å². The first-order valence-electron chi connectivity index (χ1n) is 9.95. The second-order valence-electron chi connectivity index (χ2n) is 7.04. The van der Waals surface area contributed by atoms with Crippen LogP contribution in [0.5, 0.6) is 0 Å². The molecule has 1 aliphatic rings. The van der Waals surface area contributed by atoms with Gasteiger partial charge in [-0.05, 0) is 38.8 Å². The summed E-state index contributed by atoms with van der Waals surface area (Å²) in [4.78, 5) is 33.6. The zero-order valence-electron chi connectivity index (χ0n) is 16.6. The van der Waals surface area contributed by atoms with Crippen LogP contribution in [0.4, 0.5) is 0 Å². The van der Waals surface area contributed by atoms with E-state index < -0.39 is 0 Å². The van der Waals surface area contributed by atoms with Crippen LogP contribution in [0.2, 0.25) is 0 Å². The first-order valence-corrected chi connectivity index (χ1v) is 10.8. The van der Waals surface area contributed by atoms with Crippen molar-refractivity contribution in [1.29, 1.82) is 0 Å². The van der Waals surface area contributed by atoms with Crippen LogP contribution in [0.15, 0.2) is 30.5 Å². The quantitative estimate of drug-likeness (QED) is 0.622. The van der Waals surface area contributed by atoms with Crippen LogP contribution in [0.25, 0.3) is 10.2 Å². The highest BCUT2D eigenvalue weighted by Gasteiger charge is 2.34. The van der Waals surface area contributed by atoms with Crippen molar-refractivity contribution in [3.05, 3.63) is 41.2 Å². The Hall–Kier alpha value is -2.81. The maximum absolute atomic E-state index is 13.1. The van der Waals surface area contributed by atoms with E-state index in [-0.39, 0.29) is 30.1 Å². The number of carbonyl (C=O) groups excluding carboxylic acids is 2. The van der Waals surface area contributed by atoms with Crippen molar-refractivity contribution in [2.75, 3.05) is 19.6 Å². The van der Waals surface area contributed by atoms with E-state index in [1.165, 1.54) is 4.68 Å². The van der Waals surface area contributed by atoms with Crippen LogP contribution >= 0.6 is 11.3 Å². The van der Waals surface area contributed by atoms with E-state index in [0.29, 0.717) is 19.6 Å². The molecule has 1 aliphatic heterocycles. The van der Waals surface area contributed by atoms with Gasteiger partial charge >= 0.3 is 0 Å². The van der Waals surface area contributed by atoms with Crippen molar-refractivity contribution in [2.45, 2.75) is 39.3 Å². The van der Waals surface area contributed by atoms with E-state index in [1.807, 2.05) is 36.9 Å². The Balaban J connectivity index is 1.50. The molecule has 0 saturated carbocycles. The number of benzene rings is 1. The van der Waals surface area contributed by atoms with Gasteiger partial charge in [-0.15, -0.1) is 16.4 Å². The number of likely N-dealkylation sites (tertiary alicyclic amines) is 1. The van der Waals surface area contributed by atoms with E-state index in [0.717, 1.165) is 28.1 Å². The molecule has 29 heavy (non-hydrogen) atoms. The molecule has 1 aromatic carbocycles. The normalized spacial score (nSPS) is 16.5. The molecule has 8 nitrogen and oxygen atoms in total. The minimum absolute atomic E-state index is 0.0348. The number of hydrogen-bond donors (Lipinski definition) is 0. The molecule has 0 aliphatic carbocycles. The summed E-state index contributed by atoms with van der Waals surface area (Å²) in [5.41, 5.74) is 1.23. The minimum atomic E-state index is -0.159. The summed E-state index contributed by atoms with van der Waals surface area (Å²) in [6.45, 7) is 5.93. The minimum Gasteiger partial charge on any atom is -0.342 e. The van der Waals surface area contributed by atoms with Gasteiger partial charge in [0.25, 0.3) is 5.91 Å². The molecule has 0 spiro atoms. The molecule has 1 fully saturated rings. The van der Waals surface area contributed by atoms with Crippen LogP contribution < -0.4 is 0 Å². The third-order valence-electron chi connectivity index (χ3n) is 5.28. The number of amides is 2. The fraction of sp³-hybridized carbons (Fsp3) is 0.450. The second kappa shape index (κ2) is 8.28. The van der Waals surface area contributed by atoms with Crippen LogP contribution in [0.1, 0.15) is 48.2 Å². The predicted octanol–water partition coefficient (Wildman–Crippen LogP) is 2.73. The van der Waals surface area contributed by atoms with E-state index in [2.05, 4.69) is 16.4 Å². The van der Waals surface area contributed by atoms with Gasteiger partial charge in [-0.1, -0.05) is 17.3 Å². The highest BCUT2D eigenvalue weighted by atomic mass is 32.1. The van der Waals surface area contributed by atoms with Crippen molar-refractivity contribution < 1.29 is 9.59 Å². The second-order valence-corrected chi connectivity index (χ2v) is 8.11. The van der Waals surface area contributed by atoms with Crippen LogP contribution in [0, 0.1) is 0 Å². The van der Waals surface area contributed by atoms with Crippen molar-refractivity contribution in [1.82, 2.24) is 29.8 Å². The number of thiazole rings is 1. The lowest BCUT2D eigenvalue weighted by molar-refractivity contribution is -0.131. The molecule has 1 atom stereocenters. The van der Waals surface area contributed by atoms with Gasteiger partial charge in [-0.3, -0.25) is 9.59 Å². The Morgan fingerprint density at radius 3 is 2.79 bits per heavy atom. The van der Waals surface area contributed by atoms with Gasteiger partial charge in [0, 0.05) is 19.6 Å². The summed E-state index contributed by atoms with van der Waals surface area (Å²) in [6.07, 6.45) is 3.39. The number of rotatable bonds is 6. The van der Waals surface area contributed by atoms with E-state index in [4.69, 9.17) is 4.98 Å². The highest BCUT2D eigenvalue weighted by molar-refractivity contribution is 7.18. The molecule has 4 rings (SSSR count). The van der Waals surface area contributed by atoms with E-state index >= 15 is 0 Å². The maximum Gasteiger partial charge on any atom is 0.276 e. The monoisotopic (exact) mass is 412 g/mol. The standard InChI is InChI=1S/C20H24N6O2S/c1-3-24(4-2)18(27)13-25-12-15(22-23-25)20(28)26-11-7-9-16(26)19-21-14-8-5-6-10-17(14)29-19/h5-6,8,10,12,16H,3-4,7,9,11,13H2,1-2H3/t16-/m1/s1.